The van der Waals surface area contributed by atoms with Crippen molar-refractivity contribution in [3.8, 4) is 0 Å². The molecule has 1 aliphatic rings. The van der Waals surface area contributed by atoms with Crippen LogP contribution in [0.5, 0.6) is 0 Å². The number of aromatic nitrogens is 1. The molecule has 2 nitrogen and oxygen atoms in total. The maximum Gasteiger partial charge on any atom is 0.185 e. The van der Waals surface area contributed by atoms with Crippen molar-refractivity contribution in [1.82, 2.24) is 4.98 Å². The molecule has 0 aromatic carbocycles. The zero-order chi connectivity index (χ0) is 9.42. The molecule has 1 aromatic heterocycles. The molecule has 70 valence electrons. The Bertz CT molecular complexity index is 378. The van der Waals surface area contributed by atoms with Gasteiger partial charge in [0.2, 0.25) is 0 Å². The van der Waals surface area contributed by atoms with Gasteiger partial charge in [-0.15, -0.1) is 0 Å². The normalized spacial score (nSPS) is 21.2. The molecule has 2 heteroatoms. The fraction of sp³-hybridized carbons (Fsp3) is 0.545. The van der Waals surface area contributed by atoms with Crippen LogP contribution in [-0.4, -0.2) is 4.98 Å². The maximum absolute atomic E-state index is 11.6. The highest BCUT2D eigenvalue weighted by Crippen LogP contribution is 2.21. The first kappa shape index (κ1) is 8.54. The van der Waals surface area contributed by atoms with Crippen molar-refractivity contribution in [1.29, 1.82) is 0 Å². The largest absolute Gasteiger partial charge is 0.362 e. The van der Waals surface area contributed by atoms with Gasteiger partial charge in [0, 0.05) is 23.0 Å². The van der Waals surface area contributed by atoms with Crippen LogP contribution in [0, 0.1) is 12.8 Å². The third kappa shape index (κ3) is 1.53. The van der Waals surface area contributed by atoms with Crippen molar-refractivity contribution in [2.24, 2.45) is 5.92 Å². The van der Waals surface area contributed by atoms with E-state index in [9.17, 15) is 4.79 Å². The topological polar surface area (TPSA) is 32.9 Å². The molecule has 1 N–H and O–H groups in total. The number of nitrogens with one attached hydrogen (secondary N) is 1. The van der Waals surface area contributed by atoms with Crippen LogP contribution >= 0.6 is 0 Å². The maximum atomic E-state index is 11.6. The van der Waals surface area contributed by atoms with Crippen molar-refractivity contribution in [2.75, 3.05) is 0 Å². The number of pyridine rings is 1. The second-order valence-electron chi connectivity index (χ2n) is 4.12. The molecule has 0 radical (unpaired) electrons. The first-order valence-corrected chi connectivity index (χ1v) is 4.88. The van der Waals surface area contributed by atoms with Crippen LogP contribution in [0.2, 0.25) is 0 Å². The number of aromatic amines is 1. The van der Waals surface area contributed by atoms with E-state index in [1.165, 1.54) is 12.1 Å². The van der Waals surface area contributed by atoms with E-state index in [-0.39, 0.29) is 5.43 Å². The molecule has 0 fully saturated rings. The second kappa shape index (κ2) is 3.02. The van der Waals surface area contributed by atoms with Gasteiger partial charge in [-0.2, -0.15) is 0 Å². The molecule has 1 aromatic rings. The Kier molecular flexibility index (Phi) is 1.98. The predicted molar refractivity (Wildman–Crippen MR) is 53.0 cm³/mol. The van der Waals surface area contributed by atoms with Crippen molar-refractivity contribution < 1.29 is 0 Å². The van der Waals surface area contributed by atoms with E-state index in [0.717, 1.165) is 24.1 Å². The van der Waals surface area contributed by atoms with Gasteiger partial charge in [-0.3, -0.25) is 4.79 Å². The highest BCUT2D eigenvalue weighted by molar-refractivity contribution is 5.25. The summed E-state index contributed by atoms with van der Waals surface area (Å²) in [6.45, 7) is 4.15. The number of hydrogen-bond donors (Lipinski definition) is 1. The molecule has 1 unspecified atom stereocenters. The van der Waals surface area contributed by atoms with Crippen molar-refractivity contribution in [2.45, 2.75) is 33.1 Å². The lowest BCUT2D eigenvalue weighted by Crippen LogP contribution is -2.22. The van der Waals surface area contributed by atoms with Gasteiger partial charge in [-0.25, -0.2) is 0 Å². The van der Waals surface area contributed by atoms with Gasteiger partial charge < -0.3 is 4.98 Å². The summed E-state index contributed by atoms with van der Waals surface area (Å²) in [7, 11) is 0. The number of rotatable bonds is 0. The molecule has 0 saturated carbocycles. The summed E-state index contributed by atoms with van der Waals surface area (Å²) in [5.41, 5.74) is 3.39. The van der Waals surface area contributed by atoms with E-state index in [2.05, 4.69) is 11.9 Å². The summed E-state index contributed by atoms with van der Waals surface area (Å²) in [5.74, 6) is 0.663. The van der Waals surface area contributed by atoms with Gasteiger partial charge in [0.1, 0.15) is 0 Å². The van der Waals surface area contributed by atoms with Crippen LogP contribution in [0.25, 0.3) is 0 Å². The molecule has 0 spiro atoms. The average Bonchev–Trinajstić information content (AvgIpc) is 2.06. The molecule has 1 heterocycles. The molecule has 0 amide bonds. The lowest BCUT2D eigenvalue weighted by molar-refractivity contribution is 0.491. The van der Waals surface area contributed by atoms with E-state index in [1.54, 1.807) is 6.07 Å². The molecule has 0 aliphatic heterocycles. The predicted octanol–water partition coefficient (Wildman–Crippen LogP) is 1.81. The monoisotopic (exact) mass is 177 g/mol. The van der Waals surface area contributed by atoms with E-state index < -0.39 is 0 Å². The lowest BCUT2D eigenvalue weighted by atomic mass is 9.87. The van der Waals surface area contributed by atoms with Crippen LogP contribution in [0.15, 0.2) is 10.9 Å². The zero-order valence-corrected chi connectivity index (χ0v) is 8.18. The Morgan fingerprint density at radius 3 is 3.08 bits per heavy atom. The van der Waals surface area contributed by atoms with Crippen LogP contribution in [0.3, 0.4) is 0 Å². The highest BCUT2D eigenvalue weighted by Gasteiger charge is 2.17. The third-order valence-corrected chi connectivity index (χ3v) is 2.80. The summed E-state index contributed by atoms with van der Waals surface area (Å²) < 4.78 is 0. The third-order valence-electron chi connectivity index (χ3n) is 2.80. The molecule has 1 atom stereocenters. The standard InChI is InChI=1S/C11H15NO/c1-7-3-4-10-9(5-7)11(13)6-8(2)12-10/h6-7H,3-5H2,1-2H3,(H,12,13). The van der Waals surface area contributed by atoms with Gasteiger partial charge in [0.15, 0.2) is 5.43 Å². The molecule has 0 saturated heterocycles. The first-order valence-electron chi connectivity index (χ1n) is 4.88. The number of fused-ring (bicyclic) bond motifs is 1. The van der Waals surface area contributed by atoms with Crippen LogP contribution < -0.4 is 5.43 Å². The smallest absolute Gasteiger partial charge is 0.185 e. The minimum Gasteiger partial charge on any atom is -0.362 e. The lowest BCUT2D eigenvalue weighted by Gasteiger charge is -2.20. The highest BCUT2D eigenvalue weighted by atomic mass is 16.1. The summed E-state index contributed by atoms with van der Waals surface area (Å²) in [5, 5.41) is 0. The summed E-state index contributed by atoms with van der Waals surface area (Å²) >= 11 is 0. The Morgan fingerprint density at radius 2 is 2.31 bits per heavy atom. The van der Waals surface area contributed by atoms with Gasteiger partial charge in [0.25, 0.3) is 0 Å². The zero-order valence-electron chi connectivity index (χ0n) is 8.18. The van der Waals surface area contributed by atoms with Gasteiger partial charge in [-0.05, 0) is 32.1 Å². The first-order chi connectivity index (χ1) is 6.16. The Balaban J connectivity index is 2.53. The van der Waals surface area contributed by atoms with E-state index >= 15 is 0 Å². The van der Waals surface area contributed by atoms with Crippen molar-refractivity contribution >= 4 is 0 Å². The fourth-order valence-corrected chi connectivity index (χ4v) is 2.06. The van der Waals surface area contributed by atoms with E-state index in [0.29, 0.717) is 5.92 Å². The fourth-order valence-electron chi connectivity index (χ4n) is 2.06. The minimum absolute atomic E-state index is 0.220. The molecule has 13 heavy (non-hydrogen) atoms. The summed E-state index contributed by atoms with van der Waals surface area (Å²) in [6.07, 6.45) is 3.19. The second-order valence-corrected chi connectivity index (χ2v) is 4.12. The SMILES string of the molecule is Cc1cc(=O)c2c([nH]1)CCC(C)C2. The molecule has 0 bridgehead atoms. The number of hydrogen-bond acceptors (Lipinski definition) is 1. The van der Waals surface area contributed by atoms with Crippen molar-refractivity contribution in [3.63, 3.8) is 0 Å². The van der Waals surface area contributed by atoms with Gasteiger partial charge in [-0.1, -0.05) is 6.92 Å². The molecule has 2 rings (SSSR count). The number of H-pyrrole nitrogens is 1. The van der Waals surface area contributed by atoms with Gasteiger partial charge in [0.05, 0.1) is 0 Å². The van der Waals surface area contributed by atoms with Crippen molar-refractivity contribution in [3.05, 3.63) is 33.2 Å². The quantitative estimate of drug-likeness (QED) is 0.644. The van der Waals surface area contributed by atoms with Gasteiger partial charge >= 0.3 is 0 Å². The van der Waals surface area contributed by atoms with E-state index in [1.807, 2.05) is 6.92 Å². The average molecular weight is 177 g/mol. The Labute approximate surface area is 78.0 Å². The Hall–Kier alpha value is -1.05. The molecular weight excluding hydrogens is 162 g/mol. The van der Waals surface area contributed by atoms with Crippen LogP contribution in [0.1, 0.15) is 30.3 Å². The van der Waals surface area contributed by atoms with E-state index in [4.69, 9.17) is 0 Å². The molecule has 1 aliphatic carbocycles. The summed E-state index contributed by atoms with van der Waals surface area (Å²) in [6, 6.07) is 1.71. The summed E-state index contributed by atoms with van der Waals surface area (Å²) in [4.78, 5) is 14.9. The van der Waals surface area contributed by atoms with Crippen LogP contribution in [0.4, 0.5) is 0 Å². The van der Waals surface area contributed by atoms with Crippen LogP contribution in [-0.2, 0) is 12.8 Å². The Morgan fingerprint density at radius 1 is 1.54 bits per heavy atom. The number of aryl methyl sites for hydroxylation is 2. The minimum atomic E-state index is 0.220. The molecular formula is C11H15NO.